The number of aromatic nitrogens is 2. The van der Waals surface area contributed by atoms with Gasteiger partial charge in [-0.3, -0.25) is 0 Å². The number of nitrogens with one attached hydrogen (secondary N) is 3. The summed E-state index contributed by atoms with van der Waals surface area (Å²) >= 11 is 0. The lowest BCUT2D eigenvalue weighted by atomic mass is 9.86. The van der Waals surface area contributed by atoms with Crippen molar-refractivity contribution in [1.29, 1.82) is 0 Å². The first kappa shape index (κ1) is 27.6. The summed E-state index contributed by atoms with van der Waals surface area (Å²) in [5.74, 6) is 6.94. The molecule has 4 N–H and O–H groups in total. The maximum absolute atomic E-state index is 12.8. The summed E-state index contributed by atoms with van der Waals surface area (Å²) in [5, 5.41) is 17.8. The fourth-order valence-corrected chi connectivity index (χ4v) is 4.33. The second-order valence-electron chi connectivity index (χ2n) is 9.13. The lowest BCUT2D eigenvalue weighted by Gasteiger charge is -2.28. The SMILES string of the molecule is O=C(O)NC1CCC(CNc2nc(NCc3ccccc3OC(F)(F)F)ncc2C#Cc2ccccc2)CC1. The van der Waals surface area contributed by atoms with Gasteiger partial charge in [-0.1, -0.05) is 48.2 Å². The molecule has 204 valence electrons. The van der Waals surface area contributed by atoms with Crippen LogP contribution in [0.1, 0.15) is 42.4 Å². The predicted molar refractivity (Wildman–Crippen MR) is 140 cm³/mol. The number of amides is 1. The monoisotopic (exact) mass is 539 g/mol. The van der Waals surface area contributed by atoms with Gasteiger partial charge in [0.2, 0.25) is 5.95 Å². The minimum absolute atomic E-state index is 0.0152. The topological polar surface area (TPSA) is 108 Å². The average Bonchev–Trinajstić information content (AvgIpc) is 2.91. The van der Waals surface area contributed by atoms with Crippen LogP contribution in [-0.2, 0) is 6.54 Å². The Balaban J connectivity index is 1.47. The van der Waals surface area contributed by atoms with Gasteiger partial charge in [-0.25, -0.2) is 9.78 Å². The fourth-order valence-electron chi connectivity index (χ4n) is 4.33. The summed E-state index contributed by atoms with van der Waals surface area (Å²) in [4.78, 5) is 19.8. The molecule has 0 atom stereocenters. The molecule has 1 amide bonds. The second kappa shape index (κ2) is 12.9. The van der Waals surface area contributed by atoms with Gasteiger partial charge in [0.05, 0.1) is 11.8 Å². The summed E-state index contributed by atoms with van der Waals surface area (Å²) in [6, 6.07) is 15.3. The Kier molecular flexibility index (Phi) is 9.10. The molecule has 1 aromatic heterocycles. The lowest BCUT2D eigenvalue weighted by molar-refractivity contribution is -0.274. The van der Waals surface area contributed by atoms with Crippen molar-refractivity contribution in [2.75, 3.05) is 17.2 Å². The molecule has 11 heteroatoms. The Morgan fingerprint density at radius 1 is 1.00 bits per heavy atom. The third-order valence-corrected chi connectivity index (χ3v) is 6.27. The Morgan fingerprint density at radius 2 is 1.72 bits per heavy atom. The molecule has 1 heterocycles. The van der Waals surface area contributed by atoms with E-state index < -0.39 is 12.5 Å². The number of hydrogen-bond donors (Lipinski definition) is 4. The molecule has 0 unspecified atom stereocenters. The number of para-hydroxylation sites is 1. The highest BCUT2D eigenvalue weighted by molar-refractivity contribution is 5.64. The molecule has 1 fully saturated rings. The van der Waals surface area contributed by atoms with E-state index in [9.17, 15) is 18.0 Å². The van der Waals surface area contributed by atoms with Crippen molar-refractivity contribution in [2.45, 2.75) is 44.6 Å². The Hall–Kier alpha value is -4.46. The third-order valence-electron chi connectivity index (χ3n) is 6.27. The van der Waals surface area contributed by atoms with Crippen molar-refractivity contribution in [3.8, 4) is 17.6 Å². The first-order valence-electron chi connectivity index (χ1n) is 12.5. The highest BCUT2D eigenvalue weighted by Crippen LogP contribution is 2.27. The predicted octanol–water partition coefficient (Wildman–Crippen LogP) is 5.63. The molecule has 39 heavy (non-hydrogen) atoms. The van der Waals surface area contributed by atoms with Crippen LogP contribution in [-0.4, -0.2) is 40.1 Å². The van der Waals surface area contributed by atoms with Gasteiger partial charge in [0, 0.05) is 30.3 Å². The maximum Gasteiger partial charge on any atom is 0.573 e. The molecule has 1 aliphatic carbocycles. The van der Waals surface area contributed by atoms with E-state index in [1.54, 1.807) is 12.3 Å². The molecule has 1 saturated carbocycles. The van der Waals surface area contributed by atoms with Crippen LogP contribution in [0.2, 0.25) is 0 Å². The minimum atomic E-state index is -4.80. The van der Waals surface area contributed by atoms with Crippen LogP contribution in [0.15, 0.2) is 60.8 Å². The van der Waals surface area contributed by atoms with Gasteiger partial charge in [0.15, 0.2) is 0 Å². The van der Waals surface area contributed by atoms with Gasteiger partial charge >= 0.3 is 12.5 Å². The number of hydrogen-bond acceptors (Lipinski definition) is 6. The zero-order valence-electron chi connectivity index (χ0n) is 21.0. The van der Waals surface area contributed by atoms with E-state index in [1.165, 1.54) is 18.2 Å². The molecular formula is C28H28F3N5O3. The van der Waals surface area contributed by atoms with E-state index in [0.29, 0.717) is 29.4 Å². The number of ether oxygens (including phenoxy) is 1. The average molecular weight is 540 g/mol. The number of alkyl halides is 3. The molecule has 0 saturated heterocycles. The molecule has 0 bridgehead atoms. The van der Waals surface area contributed by atoms with Crippen LogP contribution in [0, 0.1) is 17.8 Å². The number of halogens is 3. The molecule has 3 aromatic rings. The summed E-state index contributed by atoms with van der Waals surface area (Å²) in [7, 11) is 0. The number of carbonyl (C=O) groups is 1. The molecule has 8 nitrogen and oxygen atoms in total. The van der Waals surface area contributed by atoms with Crippen LogP contribution in [0.4, 0.5) is 29.7 Å². The Labute approximate surface area is 224 Å². The van der Waals surface area contributed by atoms with Crippen LogP contribution >= 0.6 is 0 Å². The zero-order chi connectivity index (χ0) is 27.7. The van der Waals surface area contributed by atoms with Crippen molar-refractivity contribution in [2.24, 2.45) is 5.92 Å². The molecular weight excluding hydrogens is 511 g/mol. The van der Waals surface area contributed by atoms with Crippen molar-refractivity contribution >= 4 is 17.9 Å². The van der Waals surface area contributed by atoms with Gasteiger partial charge in [-0.15, -0.1) is 13.2 Å². The number of anilines is 2. The first-order valence-corrected chi connectivity index (χ1v) is 12.5. The quantitative estimate of drug-likeness (QED) is 0.275. The van der Waals surface area contributed by atoms with E-state index in [-0.39, 0.29) is 24.3 Å². The van der Waals surface area contributed by atoms with Crippen molar-refractivity contribution in [3.05, 3.63) is 77.5 Å². The zero-order valence-corrected chi connectivity index (χ0v) is 21.0. The molecule has 2 aromatic carbocycles. The Morgan fingerprint density at radius 3 is 2.44 bits per heavy atom. The highest BCUT2D eigenvalue weighted by atomic mass is 19.4. The van der Waals surface area contributed by atoms with Crippen molar-refractivity contribution < 1.29 is 27.8 Å². The molecule has 0 aliphatic heterocycles. The van der Waals surface area contributed by atoms with Crippen LogP contribution in [0.5, 0.6) is 5.75 Å². The van der Waals surface area contributed by atoms with Crippen molar-refractivity contribution in [1.82, 2.24) is 15.3 Å². The van der Waals surface area contributed by atoms with E-state index in [0.717, 1.165) is 31.2 Å². The smallest absolute Gasteiger partial charge is 0.465 e. The van der Waals surface area contributed by atoms with Crippen LogP contribution in [0.25, 0.3) is 0 Å². The number of rotatable bonds is 8. The molecule has 0 radical (unpaired) electrons. The lowest BCUT2D eigenvalue weighted by Crippen LogP contribution is -2.37. The minimum Gasteiger partial charge on any atom is -0.465 e. The van der Waals surface area contributed by atoms with Gasteiger partial charge in [0.25, 0.3) is 0 Å². The summed E-state index contributed by atoms with van der Waals surface area (Å²) < 4.78 is 42.4. The number of benzene rings is 2. The van der Waals surface area contributed by atoms with E-state index in [2.05, 4.69) is 42.5 Å². The molecule has 4 rings (SSSR count). The second-order valence-corrected chi connectivity index (χ2v) is 9.13. The van der Waals surface area contributed by atoms with Gasteiger partial charge in [-0.2, -0.15) is 4.98 Å². The fraction of sp³-hybridized carbons (Fsp3) is 0.321. The van der Waals surface area contributed by atoms with E-state index in [4.69, 9.17) is 5.11 Å². The normalized spacial score (nSPS) is 16.9. The summed E-state index contributed by atoms with van der Waals surface area (Å²) in [5.41, 5.74) is 1.70. The Bertz CT molecular complexity index is 1320. The van der Waals surface area contributed by atoms with Crippen LogP contribution in [0.3, 0.4) is 0 Å². The summed E-state index contributed by atoms with van der Waals surface area (Å²) in [6.07, 6.45) is -1.01. The number of carboxylic acid groups (broad SMARTS) is 1. The molecule has 0 spiro atoms. The van der Waals surface area contributed by atoms with Gasteiger partial charge in [0.1, 0.15) is 11.6 Å². The van der Waals surface area contributed by atoms with Crippen LogP contribution < -0.4 is 20.7 Å². The van der Waals surface area contributed by atoms with E-state index >= 15 is 0 Å². The largest absolute Gasteiger partial charge is 0.573 e. The molecule has 1 aliphatic rings. The third kappa shape index (κ3) is 8.81. The summed E-state index contributed by atoms with van der Waals surface area (Å²) in [6.45, 7) is 0.625. The van der Waals surface area contributed by atoms with E-state index in [1.807, 2.05) is 30.3 Å². The van der Waals surface area contributed by atoms with Gasteiger partial charge in [-0.05, 0) is 49.8 Å². The van der Waals surface area contributed by atoms with Gasteiger partial charge < -0.3 is 25.8 Å². The first-order chi connectivity index (χ1) is 18.7. The highest BCUT2D eigenvalue weighted by Gasteiger charge is 2.32. The standard InChI is InChI=1S/C28H28F3N5O3/c29-28(30,31)39-24-9-5-4-8-21(24)17-33-26-34-18-22(13-10-19-6-2-1-3-7-19)25(36-26)32-16-20-11-14-23(15-12-20)35-27(37)38/h1-9,18,20,23,35H,11-12,14-17H2,(H,37,38)(H2,32,33,34,36). The van der Waals surface area contributed by atoms with Crippen molar-refractivity contribution in [3.63, 3.8) is 0 Å². The maximum atomic E-state index is 12.8. The number of nitrogens with zero attached hydrogens (tertiary/aromatic N) is 2.